The van der Waals surface area contributed by atoms with E-state index >= 15 is 0 Å². The van der Waals surface area contributed by atoms with Crippen LogP contribution in [0.5, 0.6) is 5.75 Å². The first kappa shape index (κ1) is 16.3. The Labute approximate surface area is 131 Å². The first-order valence-corrected chi connectivity index (χ1v) is 8.00. The van der Waals surface area contributed by atoms with Crippen molar-refractivity contribution in [3.8, 4) is 5.75 Å². The number of anilines is 1. The van der Waals surface area contributed by atoms with Gasteiger partial charge in [0.05, 0.1) is 0 Å². The highest BCUT2D eigenvalue weighted by molar-refractivity contribution is 5.95. The van der Waals surface area contributed by atoms with Crippen molar-refractivity contribution in [2.45, 2.75) is 39.0 Å². The molecule has 2 rings (SSSR count). The number of hydrogen-bond acceptors (Lipinski definition) is 3. The summed E-state index contributed by atoms with van der Waals surface area (Å²) >= 11 is 0. The first-order chi connectivity index (χ1) is 10.7. The highest BCUT2D eigenvalue weighted by Gasteiger charge is 2.21. The van der Waals surface area contributed by atoms with Gasteiger partial charge < -0.3 is 15.0 Å². The number of nitrogens with zero attached hydrogens (tertiary/aromatic N) is 1. The molecule has 1 heterocycles. The number of carbonyl (C=O) groups is 2. The molecule has 0 radical (unpaired) electrons. The molecule has 0 unspecified atom stereocenters. The van der Waals surface area contributed by atoms with Gasteiger partial charge in [-0.2, -0.15) is 0 Å². The van der Waals surface area contributed by atoms with Crippen LogP contribution in [0.15, 0.2) is 24.3 Å². The molecule has 0 atom stereocenters. The number of ether oxygens (including phenoxy) is 1. The lowest BCUT2D eigenvalue weighted by Crippen LogP contribution is -2.29. The van der Waals surface area contributed by atoms with Gasteiger partial charge in [0.15, 0.2) is 6.61 Å². The Kier molecular flexibility index (Phi) is 6.25. The molecule has 1 aromatic carbocycles. The van der Waals surface area contributed by atoms with Crippen molar-refractivity contribution in [2.24, 2.45) is 0 Å². The van der Waals surface area contributed by atoms with Crippen LogP contribution in [-0.2, 0) is 9.59 Å². The highest BCUT2D eigenvalue weighted by Crippen LogP contribution is 2.23. The van der Waals surface area contributed by atoms with Crippen molar-refractivity contribution in [2.75, 3.05) is 24.6 Å². The zero-order valence-corrected chi connectivity index (χ0v) is 13.1. The van der Waals surface area contributed by atoms with Gasteiger partial charge in [0, 0.05) is 25.2 Å². The Morgan fingerprint density at radius 1 is 1.27 bits per heavy atom. The molecular weight excluding hydrogens is 280 g/mol. The van der Waals surface area contributed by atoms with E-state index in [2.05, 4.69) is 12.2 Å². The first-order valence-electron chi connectivity index (χ1n) is 8.00. The fraction of sp³-hybridized carbons (Fsp3) is 0.529. The van der Waals surface area contributed by atoms with Crippen molar-refractivity contribution in [1.29, 1.82) is 0 Å². The normalized spacial score (nSPS) is 14.2. The van der Waals surface area contributed by atoms with Gasteiger partial charge in [-0.3, -0.25) is 9.59 Å². The molecule has 0 spiro atoms. The molecule has 1 saturated heterocycles. The van der Waals surface area contributed by atoms with E-state index in [0.717, 1.165) is 37.9 Å². The van der Waals surface area contributed by atoms with Gasteiger partial charge in [-0.05, 0) is 37.1 Å². The third kappa shape index (κ3) is 4.76. The molecular formula is C17H24N2O3. The Morgan fingerprint density at radius 3 is 2.68 bits per heavy atom. The van der Waals surface area contributed by atoms with Gasteiger partial charge >= 0.3 is 0 Å². The van der Waals surface area contributed by atoms with Gasteiger partial charge in [0.25, 0.3) is 5.91 Å². The van der Waals surface area contributed by atoms with E-state index in [4.69, 9.17) is 4.74 Å². The van der Waals surface area contributed by atoms with Crippen LogP contribution >= 0.6 is 0 Å². The standard InChI is InChI=1S/C17H24N2O3/c1-2-3-4-11-18-16(20)13-22-15-9-7-14(8-10-15)19-12-5-6-17(19)21/h7-10H,2-6,11-13H2,1H3,(H,18,20). The maximum Gasteiger partial charge on any atom is 0.257 e. The lowest BCUT2D eigenvalue weighted by molar-refractivity contribution is -0.123. The Balaban J connectivity index is 1.74. The van der Waals surface area contributed by atoms with E-state index < -0.39 is 0 Å². The van der Waals surface area contributed by atoms with Crippen LogP contribution in [0, 0.1) is 0 Å². The number of unbranched alkanes of at least 4 members (excludes halogenated alkanes) is 2. The smallest absolute Gasteiger partial charge is 0.257 e. The van der Waals surface area contributed by atoms with Crippen molar-refractivity contribution < 1.29 is 14.3 Å². The predicted octanol–water partition coefficient (Wildman–Crippen LogP) is 2.50. The van der Waals surface area contributed by atoms with Gasteiger partial charge in [-0.1, -0.05) is 19.8 Å². The molecule has 0 aliphatic carbocycles. The van der Waals surface area contributed by atoms with Crippen molar-refractivity contribution >= 4 is 17.5 Å². The maximum absolute atomic E-state index is 11.7. The monoisotopic (exact) mass is 304 g/mol. The molecule has 0 bridgehead atoms. The predicted molar refractivity (Wildman–Crippen MR) is 86.1 cm³/mol. The van der Waals surface area contributed by atoms with Crippen LogP contribution in [0.3, 0.4) is 0 Å². The van der Waals surface area contributed by atoms with E-state index in [0.29, 0.717) is 18.7 Å². The van der Waals surface area contributed by atoms with Gasteiger partial charge in [-0.25, -0.2) is 0 Å². The highest BCUT2D eigenvalue weighted by atomic mass is 16.5. The van der Waals surface area contributed by atoms with Gasteiger partial charge in [-0.15, -0.1) is 0 Å². The van der Waals surface area contributed by atoms with Crippen LogP contribution in [0.2, 0.25) is 0 Å². The molecule has 0 aromatic heterocycles. The van der Waals surface area contributed by atoms with Crippen LogP contribution in [0.25, 0.3) is 0 Å². The minimum atomic E-state index is -0.102. The van der Waals surface area contributed by atoms with Crippen LogP contribution in [0.4, 0.5) is 5.69 Å². The summed E-state index contributed by atoms with van der Waals surface area (Å²) in [7, 11) is 0. The van der Waals surface area contributed by atoms with Gasteiger partial charge in [0.1, 0.15) is 5.75 Å². The quantitative estimate of drug-likeness (QED) is 0.751. The molecule has 1 aliphatic heterocycles. The summed E-state index contributed by atoms with van der Waals surface area (Å²) in [5.74, 6) is 0.703. The van der Waals surface area contributed by atoms with E-state index in [1.807, 2.05) is 12.1 Å². The van der Waals surface area contributed by atoms with Gasteiger partial charge in [0.2, 0.25) is 5.91 Å². The second-order valence-corrected chi connectivity index (χ2v) is 5.49. The summed E-state index contributed by atoms with van der Waals surface area (Å²) in [6, 6.07) is 7.31. The fourth-order valence-corrected chi connectivity index (χ4v) is 2.45. The summed E-state index contributed by atoms with van der Waals surface area (Å²) in [5, 5.41) is 2.83. The van der Waals surface area contributed by atoms with Crippen LogP contribution in [0.1, 0.15) is 39.0 Å². The Bertz CT molecular complexity index is 499. The summed E-state index contributed by atoms with van der Waals surface area (Å²) in [5.41, 5.74) is 0.888. The third-order valence-corrected chi connectivity index (χ3v) is 3.69. The van der Waals surface area contributed by atoms with E-state index in [1.54, 1.807) is 17.0 Å². The molecule has 0 saturated carbocycles. The second kappa shape index (κ2) is 8.41. The van der Waals surface area contributed by atoms with E-state index in [-0.39, 0.29) is 18.4 Å². The number of rotatable bonds is 8. The summed E-state index contributed by atoms with van der Waals surface area (Å²) in [6.07, 6.45) is 4.79. The minimum absolute atomic E-state index is 0.0219. The zero-order chi connectivity index (χ0) is 15.8. The van der Waals surface area contributed by atoms with E-state index in [9.17, 15) is 9.59 Å². The maximum atomic E-state index is 11.7. The lowest BCUT2D eigenvalue weighted by Gasteiger charge is -2.16. The lowest BCUT2D eigenvalue weighted by atomic mass is 10.2. The fourth-order valence-electron chi connectivity index (χ4n) is 2.45. The Morgan fingerprint density at radius 2 is 2.05 bits per heavy atom. The Hall–Kier alpha value is -2.04. The largest absolute Gasteiger partial charge is 0.484 e. The van der Waals surface area contributed by atoms with Crippen molar-refractivity contribution in [3.05, 3.63) is 24.3 Å². The summed E-state index contributed by atoms with van der Waals surface area (Å²) in [4.78, 5) is 25.1. The molecule has 5 heteroatoms. The minimum Gasteiger partial charge on any atom is -0.484 e. The number of hydrogen-bond donors (Lipinski definition) is 1. The molecule has 1 fully saturated rings. The number of amides is 2. The molecule has 120 valence electrons. The molecule has 2 amide bonds. The number of nitrogens with one attached hydrogen (secondary N) is 1. The van der Waals surface area contributed by atoms with Crippen molar-refractivity contribution in [1.82, 2.24) is 5.32 Å². The topological polar surface area (TPSA) is 58.6 Å². The van der Waals surface area contributed by atoms with Crippen LogP contribution < -0.4 is 15.0 Å². The molecule has 5 nitrogen and oxygen atoms in total. The zero-order valence-electron chi connectivity index (χ0n) is 13.1. The molecule has 1 aromatic rings. The average molecular weight is 304 g/mol. The molecule has 22 heavy (non-hydrogen) atoms. The van der Waals surface area contributed by atoms with Crippen LogP contribution in [-0.4, -0.2) is 31.5 Å². The summed E-state index contributed by atoms with van der Waals surface area (Å²) < 4.78 is 5.45. The SMILES string of the molecule is CCCCCNC(=O)COc1ccc(N2CCCC2=O)cc1. The second-order valence-electron chi connectivity index (χ2n) is 5.49. The number of carbonyl (C=O) groups excluding carboxylic acids is 2. The third-order valence-electron chi connectivity index (χ3n) is 3.69. The average Bonchev–Trinajstić information content (AvgIpc) is 2.96. The van der Waals surface area contributed by atoms with Crippen molar-refractivity contribution in [3.63, 3.8) is 0 Å². The number of benzene rings is 1. The molecule has 1 aliphatic rings. The molecule has 1 N–H and O–H groups in total. The summed E-state index contributed by atoms with van der Waals surface area (Å²) in [6.45, 7) is 3.63. The van der Waals surface area contributed by atoms with E-state index in [1.165, 1.54) is 0 Å².